The zero-order valence-corrected chi connectivity index (χ0v) is 12.3. The number of fused-ring (bicyclic) bond motifs is 1. The number of anilines is 1. The molecule has 0 fully saturated rings. The largest absolute Gasteiger partial charge is 0.480 e. The minimum absolute atomic E-state index is 0.167. The molecule has 1 N–H and O–H groups in total. The van der Waals surface area contributed by atoms with Gasteiger partial charge in [-0.3, -0.25) is 4.79 Å². The summed E-state index contributed by atoms with van der Waals surface area (Å²) in [6.45, 7) is 3.80. The second-order valence-corrected chi connectivity index (χ2v) is 6.94. The first-order chi connectivity index (χ1) is 8.33. The van der Waals surface area contributed by atoms with Crippen LogP contribution in [0.3, 0.4) is 0 Å². The number of thioether (sulfide) groups is 1. The lowest BCUT2D eigenvalue weighted by molar-refractivity contribution is -0.135. The van der Waals surface area contributed by atoms with Crippen LogP contribution in [0.1, 0.15) is 13.8 Å². The van der Waals surface area contributed by atoms with Crippen LogP contribution in [-0.2, 0) is 4.79 Å². The van der Waals surface area contributed by atoms with Gasteiger partial charge in [0.15, 0.2) is 0 Å². The van der Waals surface area contributed by atoms with E-state index in [0.717, 1.165) is 4.90 Å². The maximum Gasteiger partial charge on any atom is 0.323 e. The van der Waals surface area contributed by atoms with Crippen LogP contribution in [0, 0.1) is 0 Å². The van der Waals surface area contributed by atoms with Gasteiger partial charge in [0.1, 0.15) is 6.54 Å². The summed E-state index contributed by atoms with van der Waals surface area (Å²) in [5, 5.41) is 9.55. The van der Waals surface area contributed by atoms with Gasteiger partial charge in [-0.15, -0.1) is 11.8 Å². The summed E-state index contributed by atoms with van der Waals surface area (Å²) in [7, 11) is 0. The Morgan fingerprint density at radius 3 is 2.83 bits per heavy atom. The van der Waals surface area contributed by atoms with E-state index in [2.05, 4.69) is 0 Å². The Morgan fingerprint density at radius 1 is 1.56 bits per heavy atom. The van der Waals surface area contributed by atoms with Crippen molar-refractivity contribution in [3.63, 3.8) is 0 Å². The highest BCUT2D eigenvalue weighted by atomic mass is 35.5. The van der Waals surface area contributed by atoms with E-state index < -0.39 is 5.97 Å². The Labute approximate surface area is 120 Å². The molecule has 0 unspecified atom stereocenters. The number of para-hydroxylation sites is 1. The van der Waals surface area contributed by atoms with Gasteiger partial charge in [-0.05, 0) is 26.0 Å². The number of rotatable bonds is 2. The van der Waals surface area contributed by atoms with Crippen LogP contribution in [-0.4, -0.2) is 27.4 Å². The van der Waals surface area contributed by atoms with Crippen LogP contribution in [0.25, 0.3) is 0 Å². The molecule has 1 aromatic carbocycles. The third-order valence-corrected chi connectivity index (χ3v) is 5.06. The number of benzene rings is 1. The summed E-state index contributed by atoms with van der Waals surface area (Å²) < 4.78 is -0.317. The van der Waals surface area contributed by atoms with Gasteiger partial charge in [-0.1, -0.05) is 29.9 Å². The van der Waals surface area contributed by atoms with Gasteiger partial charge < -0.3 is 10.0 Å². The monoisotopic (exact) mass is 301 g/mol. The summed E-state index contributed by atoms with van der Waals surface area (Å²) in [5.74, 6) is -0.925. The summed E-state index contributed by atoms with van der Waals surface area (Å²) >= 11 is 13.2. The smallest absolute Gasteiger partial charge is 0.323 e. The van der Waals surface area contributed by atoms with Crippen LogP contribution in [0.4, 0.5) is 5.69 Å². The summed E-state index contributed by atoms with van der Waals surface area (Å²) in [6, 6.07) is 5.54. The number of halogens is 1. The standard InChI is InChI=1S/C12H12ClNO2S2/c1-12(2)11(17)14(6-9(15)16)10-7(13)4-3-5-8(10)18-12/h3-5H,6H2,1-2H3,(H,15,16). The van der Waals surface area contributed by atoms with Gasteiger partial charge in [0, 0.05) is 4.90 Å². The number of aliphatic carboxylic acids is 1. The topological polar surface area (TPSA) is 40.5 Å². The summed E-state index contributed by atoms with van der Waals surface area (Å²) in [5.41, 5.74) is 0.705. The molecule has 1 aliphatic heterocycles. The fraction of sp³-hybridized carbons (Fsp3) is 0.333. The van der Waals surface area contributed by atoms with Crippen molar-refractivity contribution in [2.24, 2.45) is 0 Å². The minimum Gasteiger partial charge on any atom is -0.480 e. The Hall–Kier alpha value is -0.780. The lowest BCUT2D eigenvalue weighted by atomic mass is 10.1. The molecule has 18 heavy (non-hydrogen) atoms. The normalized spacial score (nSPS) is 17.5. The van der Waals surface area contributed by atoms with Gasteiger partial charge in [-0.2, -0.15) is 0 Å². The maximum atomic E-state index is 11.0. The lowest BCUT2D eigenvalue weighted by Crippen LogP contribution is -2.47. The van der Waals surface area contributed by atoms with Gasteiger partial charge in [-0.25, -0.2) is 0 Å². The lowest BCUT2D eigenvalue weighted by Gasteiger charge is -2.40. The second-order valence-electron chi connectivity index (χ2n) is 4.48. The molecule has 0 aliphatic carbocycles. The molecule has 1 heterocycles. The van der Waals surface area contributed by atoms with Crippen LogP contribution in [0.2, 0.25) is 5.02 Å². The second kappa shape index (κ2) is 4.72. The van der Waals surface area contributed by atoms with E-state index in [1.165, 1.54) is 0 Å². The average molecular weight is 302 g/mol. The molecule has 0 saturated carbocycles. The van der Waals surface area contributed by atoms with E-state index in [1.54, 1.807) is 22.7 Å². The molecule has 0 aromatic heterocycles. The molecule has 0 atom stereocenters. The third kappa shape index (κ3) is 2.35. The predicted octanol–water partition coefficient (Wildman–Crippen LogP) is 3.44. The van der Waals surface area contributed by atoms with E-state index in [-0.39, 0.29) is 11.3 Å². The molecule has 0 radical (unpaired) electrons. The van der Waals surface area contributed by atoms with Crippen molar-refractivity contribution >= 4 is 52.2 Å². The number of nitrogens with zero attached hydrogens (tertiary/aromatic N) is 1. The van der Waals surface area contributed by atoms with Crippen molar-refractivity contribution in [3.8, 4) is 0 Å². The highest BCUT2D eigenvalue weighted by Gasteiger charge is 2.38. The SMILES string of the molecule is CC1(C)Sc2cccc(Cl)c2N(CC(=O)O)C1=S. The average Bonchev–Trinajstić information content (AvgIpc) is 2.23. The van der Waals surface area contributed by atoms with E-state index >= 15 is 0 Å². The highest BCUT2D eigenvalue weighted by Crippen LogP contribution is 2.48. The number of hydrogen-bond acceptors (Lipinski definition) is 3. The van der Waals surface area contributed by atoms with Gasteiger partial charge >= 0.3 is 5.97 Å². The minimum atomic E-state index is -0.925. The van der Waals surface area contributed by atoms with Crippen molar-refractivity contribution in [2.75, 3.05) is 11.4 Å². The Morgan fingerprint density at radius 2 is 2.22 bits per heavy atom. The Bertz CT molecular complexity index is 531. The quantitative estimate of drug-likeness (QED) is 0.847. The van der Waals surface area contributed by atoms with Crippen LogP contribution >= 0.6 is 35.6 Å². The first-order valence-electron chi connectivity index (χ1n) is 5.34. The predicted molar refractivity (Wildman–Crippen MR) is 79.0 cm³/mol. The fourth-order valence-electron chi connectivity index (χ4n) is 1.87. The molecule has 3 nitrogen and oxygen atoms in total. The van der Waals surface area contributed by atoms with E-state index in [9.17, 15) is 4.79 Å². The van der Waals surface area contributed by atoms with Crippen LogP contribution < -0.4 is 4.90 Å². The molecule has 0 amide bonds. The molecule has 0 bridgehead atoms. The van der Waals surface area contributed by atoms with Crippen molar-refractivity contribution in [2.45, 2.75) is 23.5 Å². The molecule has 0 saturated heterocycles. The van der Waals surface area contributed by atoms with Crippen molar-refractivity contribution in [1.82, 2.24) is 0 Å². The molecule has 0 spiro atoms. The fourth-order valence-corrected chi connectivity index (χ4v) is 3.70. The highest BCUT2D eigenvalue weighted by molar-refractivity contribution is 8.03. The van der Waals surface area contributed by atoms with Crippen molar-refractivity contribution in [3.05, 3.63) is 23.2 Å². The van der Waals surface area contributed by atoms with Crippen molar-refractivity contribution < 1.29 is 9.90 Å². The van der Waals surface area contributed by atoms with Gasteiger partial charge in [0.25, 0.3) is 0 Å². The van der Waals surface area contributed by atoms with Crippen LogP contribution in [0.15, 0.2) is 23.1 Å². The first-order valence-corrected chi connectivity index (χ1v) is 6.94. The van der Waals surface area contributed by atoms with Crippen molar-refractivity contribution in [1.29, 1.82) is 0 Å². The number of hydrogen-bond donors (Lipinski definition) is 1. The first kappa shape index (κ1) is 13.6. The Balaban J connectivity index is 2.57. The zero-order valence-electron chi connectivity index (χ0n) is 9.94. The number of thiocarbonyl (C=S) groups is 1. The molecular weight excluding hydrogens is 290 g/mol. The molecule has 6 heteroatoms. The molecule has 1 aliphatic rings. The van der Waals surface area contributed by atoms with E-state index in [1.807, 2.05) is 26.0 Å². The number of carboxylic acids is 1. The van der Waals surface area contributed by atoms with E-state index in [4.69, 9.17) is 28.9 Å². The molecule has 1 aromatic rings. The molecule has 96 valence electrons. The van der Waals surface area contributed by atoms with E-state index in [0.29, 0.717) is 15.7 Å². The Kier molecular flexibility index (Phi) is 3.58. The van der Waals surface area contributed by atoms with Crippen LogP contribution in [0.5, 0.6) is 0 Å². The van der Waals surface area contributed by atoms with Gasteiger partial charge in [0.2, 0.25) is 0 Å². The van der Waals surface area contributed by atoms with Gasteiger partial charge in [0.05, 0.1) is 20.4 Å². The molecular formula is C12H12ClNO2S2. The summed E-state index contributed by atoms with van der Waals surface area (Å²) in [6.07, 6.45) is 0. The third-order valence-electron chi connectivity index (χ3n) is 2.64. The number of carboxylic acid groups (broad SMARTS) is 1. The summed E-state index contributed by atoms with van der Waals surface area (Å²) in [4.78, 5) is 14.2. The zero-order chi connectivity index (χ0) is 13.5. The molecule has 2 rings (SSSR count). The maximum absolute atomic E-state index is 11.0. The number of carbonyl (C=O) groups is 1.